The van der Waals surface area contributed by atoms with Crippen LogP contribution in [0.25, 0.3) is 16.8 Å². The zero-order chi connectivity index (χ0) is 25.8. The summed E-state index contributed by atoms with van der Waals surface area (Å²) in [6.07, 6.45) is 5.42. The summed E-state index contributed by atoms with van der Waals surface area (Å²) in [5.74, 6) is 0.0126. The average molecular weight is 568 g/mol. The molecule has 0 bridgehead atoms. The van der Waals surface area contributed by atoms with E-state index in [1.54, 1.807) is 0 Å². The van der Waals surface area contributed by atoms with Gasteiger partial charge in [-0.1, -0.05) is 58.4 Å². The number of amides is 1. The lowest BCUT2D eigenvalue weighted by Gasteiger charge is -2.12. The molecule has 0 spiro atoms. The van der Waals surface area contributed by atoms with Crippen LogP contribution in [0.4, 0.5) is 5.00 Å². The van der Waals surface area contributed by atoms with E-state index in [1.165, 1.54) is 17.4 Å². The van der Waals surface area contributed by atoms with E-state index in [9.17, 15) is 15.3 Å². The van der Waals surface area contributed by atoms with Crippen LogP contribution in [0.5, 0.6) is 5.75 Å². The molecule has 0 radical (unpaired) electrons. The van der Waals surface area contributed by atoms with Gasteiger partial charge in [-0.15, -0.1) is 11.3 Å². The second kappa shape index (κ2) is 11.0. The molecule has 5 rings (SSSR count). The maximum atomic E-state index is 13.1. The van der Waals surface area contributed by atoms with Crippen LogP contribution in [-0.2, 0) is 24.2 Å². The molecule has 0 atom stereocenters. The Kier molecular flexibility index (Phi) is 7.37. The Morgan fingerprint density at radius 2 is 1.89 bits per heavy atom. The van der Waals surface area contributed by atoms with Gasteiger partial charge >= 0.3 is 0 Å². The molecule has 1 heterocycles. The Morgan fingerprint density at radius 1 is 1.08 bits per heavy atom. The van der Waals surface area contributed by atoms with Crippen molar-refractivity contribution in [2.24, 2.45) is 0 Å². The number of nitriles is 2. The number of hydrogen-bond donors (Lipinski definition) is 1. The van der Waals surface area contributed by atoms with E-state index in [2.05, 4.69) is 45.5 Å². The van der Waals surface area contributed by atoms with Crippen LogP contribution >= 0.6 is 27.3 Å². The van der Waals surface area contributed by atoms with Crippen LogP contribution in [0.2, 0.25) is 0 Å². The lowest BCUT2D eigenvalue weighted by atomic mass is 9.96. The third kappa shape index (κ3) is 5.29. The van der Waals surface area contributed by atoms with Gasteiger partial charge in [-0.25, -0.2) is 0 Å². The van der Waals surface area contributed by atoms with Crippen molar-refractivity contribution in [2.75, 3.05) is 5.32 Å². The fourth-order valence-electron chi connectivity index (χ4n) is 4.58. The molecule has 4 aromatic rings. The number of aryl methyl sites for hydroxylation is 1. The highest BCUT2D eigenvalue weighted by Gasteiger charge is 2.23. The molecule has 182 valence electrons. The van der Waals surface area contributed by atoms with Gasteiger partial charge in [0.15, 0.2) is 0 Å². The number of thiophene rings is 1. The molecule has 1 aliphatic rings. The van der Waals surface area contributed by atoms with Crippen molar-refractivity contribution >= 4 is 55.0 Å². The second-order valence-electron chi connectivity index (χ2n) is 8.76. The molecule has 0 fully saturated rings. The van der Waals surface area contributed by atoms with E-state index >= 15 is 0 Å². The first-order valence-electron chi connectivity index (χ1n) is 11.9. The topological polar surface area (TPSA) is 85.9 Å². The molecule has 0 aliphatic heterocycles. The predicted octanol–water partition coefficient (Wildman–Crippen LogP) is 7.54. The van der Waals surface area contributed by atoms with E-state index < -0.39 is 5.91 Å². The highest BCUT2D eigenvalue weighted by molar-refractivity contribution is 9.10. The minimum Gasteiger partial charge on any atom is -0.488 e. The molecule has 7 heteroatoms. The maximum absolute atomic E-state index is 13.1. The van der Waals surface area contributed by atoms with E-state index in [-0.39, 0.29) is 5.57 Å². The Hall–Kier alpha value is -3.91. The molecule has 0 saturated carbocycles. The second-order valence-corrected chi connectivity index (χ2v) is 10.8. The Bertz CT molecular complexity index is 1620. The first-order chi connectivity index (χ1) is 18.1. The summed E-state index contributed by atoms with van der Waals surface area (Å²) >= 11 is 4.91. The minimum atomic E-state index is -0.544. The Labute approximate surface area is 227 Å². The van der Waals surface area contributed by atoms with Crippen LogP contribution in [0.1, 0.15) is 40.0 Å². The number of anilines is 1. The van der Waals surface area contributed by atoms with Crippen LogP contribution in [-0.4, -0.2) is 5.91 Å². The van der Waals surface area contributed by atoms with E-state index in [4.69, 9.17) is 4.74 Å². The van der Waals surface area contributed by atoms with Crippen molar-refractivity contribution in [3.8, 4) is 17.9 Å². The molecular formula is C30H22BrN3O2S. The Balaban J connectivity index is 1.41. The number of benzene rings is 3. The summed E-state index contributed by atoms with van der Waals surface area (Å²) in [6.45, 7) is 0.337. The van der Waals surface area contributed by atoms with Gasteiger partial charge in [-0.3, -0.25) is 4.79 Å². The number of halogens is 1. The number of hydrogen-bond acceptors (Lipinski definition) is 5. The number of nitrogens with one attached hydrogen (secondary N) is 1. The van der Waals surface area contributed by atoms with Gasteiger partial charge in [-0.05, 0) is 71.9 Å². The number of fused-ring (bicyclic) bond motifs is 2. The van der Waals surface area contributed by atoms with Gasteiger partial charge in [0.1, 0.15) is 35.1 Å². The summed E-state index contributed by atoms with van der Waals surface area (Å²) in [5, 5.41) is 25.1. The normalized spacial score (nSPS) is 12.9. The number of carbonyl (C=O) groups excluding carboxylic acids is 1. The first kappa shape index (κ1) is 24.8. The third-order valence-corrected chi connectivity index (χ3v) is 8.11. The third-order valence-electron chi connectivity index (χ3n) is 6.41. The number of rotatable bonds is 6. The predicted molar refractivity (Wildman–Crippen MR) is 150 cm³/mol. The number of carbonyl (C=O) groups is 1. The zero-order valence-electron chi connectivity index (χ0n) is 19.9. The van der Waals surface area contributed by atoms with Crippen LogP contribution in [0, 0.1) is 22.7 Å². The van der Waals surface area contributed by atoms with Crippen LogP contribution < -0.4 is 10.1 Å². The van der Waals surface area contributed by atoms with Crippen molar-refractivity contribution in [2.45, 2.75) is 32.3 Å². The van der Waals surface area contributed by atoms with Gasteiger partial charge in [0, 0.05) is 14.9 Å². The van der Waals surface area contributed by atoms with Gasteiger partial charge in [0.2, 0.25) is 0 Å². The van der Waals surface area contributed by atoms with Crippen molar-refractivity contribution < 1.29 is 9.53 Å². The Morgan fingerprint density at radius 3 is 2.73 bits per heavy atom. The van der Waals surface area contributed by atoms with E-state index in [1.807, 2.05) is 48.5 Å². The van der Waals surface area contributed by atoms with Crippen molar-refractivity contribution in [1.82, 2.24) is 0 Å². The molecule has 1 N–H and O–H groups in total. The van der Waals surface area contributed by atoms with Crippen molar-refractivity contribution in [3.63, 3.8) is 0 Å². The molecule has 5 nitrogen and oxygen atoms in total. The minimum absolute atomic E-state index is 0.0663. The molecule has 0 saturated heterocycles. The van der Waals surface area contributed by atoms with Crippen LogP contribution in [0.15, 0.2) is 70.7 Å². The summed E-state index contributed by atoms with van der Waals surface area (Å²) in [6, 6.07) is 24.0. The zero-order valence-corrected chi connectivity index (χ0v) is 22.3. The quantitative estimate of drug-likeness (QED) is 0.192. The highest BCUT2D eigenvalue weighted by Crippen LogP contribution is 2.38. The fourth-order valence-corrected chi connectivity index (χ4v) is 6.20. The fraction of sp³-hybridized carbons (Fsp3) is 0.167. The average Bonchev–Trinajstić information content (AvgIpc) is 3.27. The lowest BCUT2D eigenvalue weighted by molar-refractivity contribution is -0.112. The van der Waals surface area contributed by atoms with Crippen LogP contribution in [0.3, 0.4) is 0 Å². The van der Waals surface area contributed by atoms with E-state index in [0.717, 1.165) is 56.9 Å². The summed E-state index contributed by atoms with van der Waals surface area (Å²) in [7, 11) is 0. The summed E-state index contributed by atoms with van der Waals surface area (Å²) < 4.78 is 6.97. The molecule has 3 aromatic carbocycles. The van der Waals surface area contributed by atoms with Gasteiger partial charge in [0.25, 0.3) is 5.91 Å². The molecule has 1 aromatic heterocycles. The molecule has 1 aliphatic carbocycles. The maximum Gasteiger partial charge on any atom is 0.266 e. The van der Waals surface area contributed by atoms with Crippen molar-refractivity contribution in [3.05, 3.63) is 97.8 Å². The summed E-state index contributed by atoms with van der Waals surface area (Å²) in [5.41, 5.74) is 3.13. The molecule has 0 unspecified atom stereocenters. The lowest BCUT2D eigenvalue weighted by Crippen LogP contribution is -2.13. The monoisotopic (exact) mass is 567 g/mol. The largest absolute Gasteiger partial charge is 0.488 e. The van der Waals surface area contributed by atoms with Gasteiger partial charge in [-0.2, -0.15) is 10.5 Å². The first-order valence-corrected chi connectivity index (χ1v) is 13.5. The standard InChI is InChI=1S/C30H22BrN3O2S/c31-23-12-13-27(36-18-20-8-5-7-19-6-1-2-9-24(19)20)21(15-23)14-22(16-32)29(35)34-30-26(17-33)25-10-3-4-11-28(25)37-30/h1-2,5-9,12-15H,3-4,10-11,18H2,(H,34,35)/b22-14+. The number of ether oxygens (including phenoxy) is 1. The van der Waals surface area contributed by atoms with E-state index in [0.29, 0.717) is 28.5 Å². The number of nitrogens with zero attached hydrogens (tertiary/aromatic N) is 2. The molecule has 1 amide bonds. The smallest absolute Gasteiger partial charge is 0.266 e. The summed E-state index contributed by atoms with van der Waals surface area (Å²) in [4.78, 5) is 14.2. The van der Waals surface area contributed by atoms with Crippen molar-refractivity contribution in [1.29, 1.82) is 10.5 Å². The van der Waals surface area contributed by atoms with Gasteiger partial charge < -0.3 is 10.1 Å². The molecular weight excluding hydrogens is 546 g/mol. The van der Waals surface area contributed by atoms with Gasteiger partial charge in [0.05, 0.1) is 5.56 Å². The molecule has 37 heavy (non-hydrogen) atoms. The SMILES string of the molecule is N#C/C(=C\c1cc(Br)ccc1OCc1cccc2ccccc12)C(=O)Nc1sc2c(c1C#N)CCCC2. The highest BCUT2D eigenvalue weighted by atomic mass is 79.9.